The van der Waals surface area contributed by atoms with Crippen LogP contribution < -0.4 is 0 Å². The second kappa shape index (κ2) is 6.44. The summed E-state index contributed by atoms with van der Waals surface area (Å²) in [7, 11) is -4.03. The van der Waals surface area contributed by atoms with Gasteiger partial charge in [-0.15, -0.1) is 0 Å². The first-order valence-corrected chi connectivity index (χ1v) is 7.88. The third-order valence-corrected chi connectivity index (χ3v) is 4.03. The molecule has 2 saturated heterocycles. The quantitative estimate of drug-likeness (QED) is 0.623. The smallest absolute Gasteiger partial charge is 0.431 e. The van der Waals surface area contributed by atoms with Crippen LogP contribution in [-0.2, 0) is 37.7 Å². The first kappa shape index (κ1) is 16.4. The highest BCUT2D eigenvalue weighted by Gasteiger charge is 2.53. The van der Waals surface area contributed by atoms with E-state index in [2.05, 4.69) is 4.18 Å². The van der Waals surface area contributed by atoms with Crippen molar-refractivity contribution in [3.63, 3.8) is 0 Å². The van der Waals surface area contributed by atoms with Crippen molar-refractivity contribution in [3.05, 3.63) is 0 Å². The molecule has 2 aliphatic rings. The summed E-state index contributed by atoms with van der Waals surface area (Å²) in [5.74, 6) is 0. The van der Waals surface area contributed by atoms with Crippen LogP contribution in [0.1, 0.15) is 13.8 Å². The third kappa shape index (κ3) is 3.64. The molecule has 0 aliphatic carbocycles. The van der Waals surface area contributed by atoms with Crippen molar-refractivity contribution < 1.29 is 40.5 Å². The normalized spacial score (nSPS) is 28.7. The van der Waals surface area contributed by atoms with E-state index in [1.54, 1.807) is 13.8 Å². The van der Waals surface area contributed by atoms with Crippen molar-refractivity contribution in [2.75, 3.05) is 33.0 Å². The Kier molecular flexibility index (Phi) is 5.04. The molecule has 21 heavy (non-hydrogen) atoms. The number of carbonyl (C=O) groups excluding carboxylic acids is 1. The van der Waals surface area contributed by atoms with Gasteiger partial charge in [-0.3, -0.25) is 0 Å². The highest BCUT2D eigenvalue weighted by Crippen LogP contribution is 2.31. The molecule has 0 radical (unpaired) electrons. The number of hydrogen-bond donors (Lipinski definition) is 0. The van der Waals surface area contributed by atoms with E-state index in [0.29, 0.717) is 6.61 Å². The summed E-state index contributed by atoms with van der Waals surface area (Å²) in [6.07, 6.45) is -2.54. The van der Waals surface area contributed by atoms with Crippen LogP contribution in [-0.4, -0.2) is 65.4 Å². The fraction of sp³-hybridized carbons (Fsp3) is 0.909. The molecule has 2 rings (SSSR count). The summed E-state index contributed by atoms with van der Waals surface area (Å²) in [6.45, 7) is 3.64. The predicted molar refractivity (Wildman–Crippen MR) is 66.8 cm³/mol. The summed E-state index contributed by atoms with van der Waals surface area (Å²) in [6, 6.07) is 0. The molecule has 10 heteroatoms. The van der Waals surface area contributed by atoms with Gasteiger partial charge in [0.15, 0.2) is 5.60 Å². The standard InChI is InChI=1S/C11H18O9S/c1-3-15-9(8-5-19-21(13,14)20-8)11(18-4-2)6-16-10(12)17-7-11/h8-9H,3-7H2,1-2H3. The van der Waals surface area contributed by atoms with Gasteiger partial charge in [-0.2, -0.15) is 8.42 Å². The summed E-state index contributed by atoms with van der Waals surface area (Å²) in [5.41, 5.74) is -1.15. The van der Waals surface area contributed by atoms with E-state index < -0.39 is 34.4 Å². The molecule has 0 aromatic carbocycles. The van der Waals surface area contributed by atoms with Gasteiger partial charge in [0.1, 0.15) is 25.4 Å². The number of rotatable bonds is 6. The van der Waals surface area contributed by atoms with E-state index in [1.165, 1.54) is 0 Å². The Morgan fingerprint density at radius 1 is 1.29 bits per heavy atom. The van der Waals surface area contributed by atoms with Crippen LogP contribution in [0.15, 0.2) is 0 Å². The van der Waals surface area contributed by atoms with Gasteiger partial charge in [-0.1, -0.05) is 0 Å². The van der Waals surface area contributed by atoms with Crippen LogP contribution >= 0.6 is 0 Å². The van der Waals surface area contributed by atoms with Crippen molar-refractivity contribution >= 4 is 16.6 Å². The Balaban J connectivity index is 2.22. The Labute approximate surface area is 122 Å². The minimum Gasteiger partial charge on any atom is -0.431 e. The summed E-state index contributed by atoms with van der Waals surface area (Å²) in [5, 5.41) is 0. The van der Waals surface area contributed by atoms with Crippen LogP contribution in [0.5, 0.6) is 0 Å². The highest BCUT2D eigenvalue weighted by atomic mass is 32.3. The first-order chi connectivity index (χ1) is 9.92. The minimum absolute atomic E-state index is 0.121. The largest absolute Gasteiger partial charge is 0.508 e. The summed E-state index contributed by atoms with van der Waals surface area (Å²) < 4.78 is 53.0. The fourth-order valence-corrected chi connectivity index (χ4v) is 3.15. The summed E-state index contributed by atoms with van der Waals surface area (Å²) >= 11 is 0. The Morgan fingerprint density at radius 2 is 1.95 bits per heavy atom. The molecule has 2 unspecified atom stereocenters. The number of carbonyl (C=O) groups is 1. The van der Waals surface area contributed by atoms with Gasteiger partial charge < -0.3 is 18.9 Å². The molecular formula is C11H18O9S. The van der Waals surface area contributed by atoms with Gasteiger partial charge in [-0.05, 0) is 13.8 Å². The molecule has 0 aromatic rings. The molecule has 2 aliphatic heterocycles. The van der Waals surface area contributed by atoms with Crippen molar-refractivity contribution in [3.8, 4) is 0 Å². The number of cyclic esters (lactones) is 2. The average Bonchev–Trinajstić information content (AvgIpc) is 2.79. The van der Waals surface area contributed by atoms with Crippen LogP contribution in [0.2, 0.25) is 0 Å². The Bertz CT molecular complexity index is 464. The molecule has 0 bridgehead atoms. The molecule has 122 valence electrons. The fourth-order valence-electron chi connectivity index (χ4n) is 2.34. The maximum absolute atomic E-state index is 11.3. The van der Waals surface area contributed by atoms with Gasteiger partial charge in [0.25, 0.3) is 0 Å². The average molecular weight is 326 g/mol. The molecule has 0 N–H and O–H groups in total. The highest BCUT2D eigenvalue weighted by molar-refractivity contribution is 7.82. The van der Waals surface area contributed by atoms with Crippen molar-refractivity contribution in [1.29, 1.82) is 0 Å². The number of ether oxygens (including phenoxy) is 4. The van der Waals surface area contributed by atoms with Crippen LogP contribution in [0.3, 0.4) is 0 Å². The Hall–Kier alpha value is -0.940. The Morgan fingerprint density at radius 3 is 2.43 bits per heavy atom. The lowest BCUT2D eigenvalue weighted by Crippen LogP contribution is -2.61. The van der Waals surface area contributed by atoms with E-state index >= 15 is 0 Å². The molecule has 0 aromatic heterocycles. The van der Waals surface area contributed by atoms with Crippen LogP contribution in [0, 0.1) is 0 Å². The molecule has 0 spiro atoms. The maximum Gasteiger partial charge on any atom is 0.508 e. The van der Waals surface area contributed by atoms with E-state index in [-0.39, 0.29) is 26.4 Å². The van der Waals surface area contributed by atoms with Gasteiger partial charge >= 0.3 is 16.6 Å². The second-order valence-electron chi connectivity index (χ2n) is 4.53. The lowest BCUT2D eigenvalue weighted by atomic mass is 9.93. The first-order valence-electron chi connectivity index (χ1n) is 6.55. The second-order valence-corrected chi connectivity index (χ2v) is 5.77. The van der Waals surface area contributed by atoms with Gasteiger partial charge in [0.2, 0.25) is 0 Å². The lowest BCUT2D eigenvalue weighted by molar-refractivity contribution is -0.224. The maximum atomic E-state index is 11.3. The number of hydrogen-bond acceptors (Lipinski definition) is 9. The lowest BCUT2D eigenvalue weighted by Gasteiger charge is -2.42. The SMILES string of the molecule is CCOC(C1COS(=O)(=O)O1)C1(OCC)COC(=O)OC1. The van der Waals surface area contributed by atoms with Crippen LogP contribution in [0.25, 0.3) is 0 Å². The van der Waals surface area contributed by atoms with E-state index in [1.807, 2.05) is 0 Å². The molecule has 9 nitrogen and oxygen atoms in total. The molecule has 2 heterocycles. The van der Waals surface area contributed by atoms with Crippen molar-refractivity contribution in [2.24, 2.45) is 0 Å². The third-order valence-electron chi connectivity index (χ3n) is 3.12. The topological polar surface area (TPSA) is 107 Å². The summed E-state index contributed by atoms with van der Waals surface area (Å²) in [4.78, 5) is 11.1. The molecule has 0 saturated carbocycles. The molecule has 2 atom stereocenters. The van der Waals surface area contributed by atoms with E-state index in [0.717, 1.165) is 0 Å². The zero-order chi connectivity index (χ0) is 15.5. The van der Waals surface area contributed by atoms with Crippen LogP contribution in [0.4, 0.5) is 4.79 Å². The van der Waals surface area contributed by atoms with Crippen molar-refractivity contribution in [2.45, 2.75) is 31.7 Å². The van der Waals surface area contributed by atoms with Gasteiger partial charge in [0, 0.05) is 13.2 Å². The monoisotopic (exact) mass is 326 g/mol. The zero-order valence-electron chi connectivity index (χ0n) is 11.8. The molecule has 0 amide bonds. The minimum atomic E-state index is -4.03. The van der Waals surface area contributed by atoms with Crippen molar-refractivity contribution in [1.82, 2.24) is 0 Å². The zero-order valence-corrected chi connectivity index (χ0v) is 12.6. The van der Waals surface area contributed by atoms with Gasteiger partial charge in [0.05, 0.1) is 6.61 Å². The predicted octanol–water partition coefficient (Wildman–Crippen LogP) is -0.00620. The molecular weight excluding hydrogens is 308 g/mol. The van der Waals surface area contributed by atoms with Gasteiger partial charge in [-0.25, -0.2) is 13.2 Å². The van der Waals surface area contributed by atoms with E-state index in [4.69, 9.17) is 23.1 Å². The van der Waals surface area contributed by atoms with E-state index in [9.17, 15) is 13.2 Å². The molecule has 2 fully saturated rings.